The van der Waals surface area contributed by atoms with Gasteiger partial charge < -0.3 is 35.3 Å². The molecule has 0 saturated heterocycles. The largest absolute Gasteiger partial charge is 0.456 e. The molecule has 2 bridgehead atoms. The smallest absolute Gasteiger partial charge is 0.405 e. The molecule has 0 saturated carbocycles. The highest BCUT2D eigenvalue weighted by Crippen LogP contribution is 2.30. The van der Waals surface area contributed by atoms with Crippen LogP contribution in [-0.2, 0) is 38.1 Å². The van der Waals surface area contributed by atoms with E-state index in [0.29, 0.717) is 5.57 Å². The number of rotatable bonds is 8. The second kappa shape index (κ2) is 20.3. The second-order valence-electron chi connectivity index (χ2n) is 13.5. The van der Waals surface area contributed by atoms with E-state index in [1.165, 1.54) is 50.7 Å². The lowest BCUT2D eigenvalue weighted by molar-refractivity contribution is -0.154. The molecule has 2 aliphatic rings. The van der Waals surface area contributed by atoms with Crippen molar-refractivity contribution < 1.29 is 47.7 Å². The van der Waals surface area contributed by atoms with Gasteiger partial charge in [-0.2, -0.15) is 0 Å². The number of fused-ring (bicyclic) bond motifs is 2. The predicted octanol–water partition coefficient (Wildman–Crippen LogP) is 5.52. The average Bonchev–Trinajstić information content (AvgIpc) is 3.70. The number of ether oxygens (including phenoxy) is 4. The molecule has 0 spiro atoms. The van der Waals surface area contributed by atoms with Crippen LogP contribution in [0.25, 0.3) is 6.08 Å². The van der Waals surface area contributed by atoms with E-state index in [9.17, 15) is 28.8 Å². The first-order chi connectivity index (χ1) is 26.7. The van der Waals surface area contributed by atoms with Crippen LogP contribution in [0.15, 0.2) is 112 Å². The number of nitrogens with two attached hydrogens (primary N) is 1. The van der Waals surface area contributed by atoms with Crippen LogP contribution < -0.4 is 16.4 Å². The number of hydrogen-bond acceptors (Lipinski definition) is 11. The molecule has 4 rings (SSSR count). The van der Waals surface area contributed by atoms with E-state index in [4.69, 9.17) is 24.7 Å². The van der Waals surface area contributed by atoms with Crippen LogP contribution in [0.2, 0.25) is 0 Å². The van der Waals surface area contributed by atoms with Crippen molar-refractivity contribution in [3.63, 3.8) is 0 Å². The number of benzene rings is 1. The zero-order valence-corrected chi connectivity index (χ0v) is 32.9. The summed E-state index contributed by atoms with van der Waals surface area (Å²) in [6.45, 7) is 6.86. The molecule has 56 heavy (non-hydrogen) atoms. The van der Waals surface area contributed by atoms with Crippen LogP contribution in [0.1, 0.15) is 55.8 Å². The highest BCUT2D eigenvalue weighted by Gasteiger charge is 2.36. The fraction of sp³-hybridized carbons (Fsp3) is 0.333. The maximum absolute atomic E-state index is 14.1. The molecule has 4 N–H and O–H groups in total. The topological polar surface area (TPSA) is 189 Å². The molecule has 0 fully saturated rings. The fourth-order valence-corrected chi connectivity index (χ4v) is 6.99. The molecule has 2 aromatic rings. The Hall–Kier alpha value is -5.70. The second-order valence-corrected chi connectivity index (χ2v) is 14.5. The van der Waals surface area contributed by atoms with Gasteiger partial charge in [0.15, 0.2) is 6.10 Å². The molecular formula is C42H47N3O10S. The monoisotopic (exact) mass is 785 g/mol. The van der Waals surface area contributed by atoms with Gasteiger partial charge in [0, 0.05) is 53.9 Å². The minimum Gasteiger partial charge on any atom is -0.456 e. The maximum Gasteiger partial charge on any atom is 0.405 e. The number of allylic oxidation sites excluding steroid dienone is 4. The van der Waals surface area contributed by atoms with Gasteiger partial charge in [-0.1, -0.05) is 62.4 Å². The van der Waals surface area contributed by atoms with Crippen molar-refractivity contribution >= 4 is 52.9 Å². The Labute approximate surface area is 330 Å². The average molecular weight is 786 g/mol. The predicted molar refractivity (Wildman–Crippen MR) is 211 cm³/mol. The number of hydrogen-bond donors (Lipinski definition) is 3. The molecular weight excluding hydrogens is 739 g/mol. The van der Waals surface area contributed by atoms with Crippen LogP contribution in [0.3, 0.4) is 0 Å². The Morgan fingerprint density at radius 2 is 1.71 bits per heavy atom. The van der Waals surface area contributed by atoms with Gasteiger partial charge in [0.1, 0.15) is 12.2 Å². The summed E-state index contributed by atoms with van der Waals surface area (Å²) in [4.78, 5) is 80.5. The van der Waals surface area contributed by atoms with Gasteiger partial charge in [0.2, 0.25) is 11.6 Å². The van der Waals surface area contributed by atoms with E-state index in [-0.39, 0.29) is 40.9 Å². The third-order valence-corrected chi connectivity index (χ3v) is 10.0. The summed E-state index contributed by atoms with van der Waals surface area (Å²) in [7, 11) is 2.88. The zero-order chi connectivity index (χ0) is 40.9. The van der Waals surface area contributed by atoms with E-state index < -0.39 is 71.7 Å². The van der Waals surface area contributed by atoms with Gasteiger partial charge in [-0.25, -0.2) is 9.59 Å². The third kappa shape index (κ3) is 11.7. The van der Waals surface area contributed by atoms with Gasteiger partial charge in [0.25, 0.3) is 11.8 Å². The van der Waals surface area contributed by atoms with E-state index in [1.54, 1.807) is 55.5 Å². The van der Waals surface area contributed by atoms with Crippen molar-refractivity contribution in [3.8, 4) is 0 Å². The normalized spacial score (nSPS) is 26.6. The molecule has 13 nitrogen and oxygen atoms in total. The minimum absolute atomic E-state index is 0.00975. The Morgan fingerprint density at radius 1 is 0.982 bits per heavy atom. The number of amides is 3. The van der Waals surface area contributed by atoms with Crippen LogP contribution in [0, 0.1) is 11.8 Å². The van der Waals surface area contributed by atoms with Crippen molar-refractivity contribution in [2.75, 3.05) is 14.2 Å². The van der Waals surface area contributed by atoms with Crippen molar-refractivity contribution in [2.45, 2.75) is 65.0 Å². The zero-order valence-electron chi connectivity index (χ0n) is 32.1. The van der Waals surface area contributed by atoms with Gasteiger partial charge in [0.05, 0.1) is 17.5 Å². The van der Waals surface area contributed by atoms with Gasteiger partial charge in [-0.05, 0) is 67.8 Å². The van der Waals surface area contributed by atoms with E-state index in [0.717, 1.165) is 11.0 Å². The van der Waals surface area contributed by atoms with Gasteiger partial charge in [-0.3, -0.25) is 19.2 Å². The number of ketones is 2. The van der Waals surface area contributed by atoms with E-state index in [2.05, 4.69) is 10.6 Å². The summed E-state index contributed by atoms with van der Waals surface area (Å²) in [6, 6.07) is 11.9. The van der Waals surface area contributed by atoms with Gasteiger partial charge >= 0.3 is 12.1 Å². The van der Waals surface area contributed by atoms with Crippen molar-refractivity contribution in [1.82, 2.24) is 10.6 Å². The SMILES string of the molecule is CO[C@H]1/C=C\C=C(/C)C(=O)NC2=CC(=O)C(NC(=O)c3ccccc3)=C(C[C@@H](C)C[C@H](OC)[C@@H](OC(=O)/C=C/c3cccs3)[C@@H](C)/C=C(\C)[C@@H]1OC(N)=O)C2=O. The number of primary amides is 1. The minimum atomic E-state index is -1.05. The summed E-state index contributed by atoms with van der Waals surface area (Å²) in [5, 5.41) is 7.06. The Bertz CT molecular complexity index is 1980. The first-order valence-electron chi connectivity index (χ1n) is 17.9. The van der Waals surface area contributed by atoms with E-state index in [1.807, 2.05) is 31.4 Å². The molecule has 6 atom stereocenters. The Kier molecular flexibility index (Phi) is 15.6. The molecule has 0 radical (unpaired) electrons. The van der Waals surface area contributed by atoms with Crippen LogP contribution in [0.4, 0.5) is 4.79 Å². The van der Waals surface area contributed by atoms with Crippen LogP contribution >= 0.6 is 11.3 Å². The number of Topliss-reactive ketones (excluding diaryl/α,β-unsaturated/α-hetero) is 1. The first kappa shape index (κ1) is 43.0. The fourth-order valence-electron chi connectivity index (χ4n) is 6.38. The van der Waals surface area contributed by atoms with Crippen LogP contribution in [0.5, 0.6) is 0 Å². The Morgan fingerprint density at radius 3 is 2.36 bits per heavy atom. The Balaban J connectivity index is 1.81. The number of thiophene rings is 1. The molecule has 1 aromatic heterocycles. The molecule has 0 unspecified atom stereocenters. The van der Waals surface area contributed by atoms with E-state index >= 15 is 0 Å². The summed E-state index contributed by atoms with van der Waals surface area (Å²) in [5.41, 5.74) is 5.96. The number of esters is 1. The first-order valence-corrected chi connectivity index (χ1v) is 18.8. The maximum atomic E-state index is 14.1. The summed E-state index contributed by atoms with van der Waals surface area (Å²) < 4.78 is 23.2. The standard InChI is InChI=1S/C42H47N3O10S/c1-24-20-30-36(45-41(50)28-13-8-7-9-14-28)32(46)23-31(37(30)48)44-40(49)25(2)12-10-16-33(52-5)38(55-42(43)51)26(3)22-27(4)39(34(21-24)53-6)54-35(47)18-17-29-15-11-19-56-29/h7-19,22-24,27,33-34,38-39H,20-21H2,1-6H3,(H2,43,51)(H,44,49)(H,45,50)/b16-10-,18-17+,25-12+,26-22+/t24-,27+,33+,34+,38+,39+/m1/s1. The highest BCUT2D eigenvalue weighted by molar-refractivity contribution is 7.10. The summed E-state index contributed by atoms with van der Waals surface area (Å²) >= 11 is 1.45. The lowest BCUT2D eigenvalue weighted by atomic mass is 9.85. The highest BCUT2D eigenvalue weighted by atomic mass is 32.1. The molecule has 1 aliphatic heterocycles. The number of nitrogens with one attached hydrogen (secondary N) is 2. The van der Waals surface area contributed by atoms with Crippen LogP contribution in [-0.4, -0.2) is 74.1 Å². The summed E-state index contributed by atoms with van der Waals surface area (Å²) in [5.74, 6) is -4.18. The lowest BCUT2D eigenvalue weighted by Crippen LogP contribution is -2.40. The molecule has 14 heteroatoms. The molecule has 296 valence electrons. The van der Waals surface area contributed by atoms with Gasteiger partial charge in [-0.15, -0.1) is 11.3 Å². The quantitative estimate of drug-likeness (QED) is 0.133. The third-order valence-electron chi connectivity index (χ3n) is 9.21. The summed E-state index contributed by atoms with van der Waals surface area (Å²) in [6.07, 6.45) is 5.83. The van der Waals surface area contributed by atoms with Crippen molar-refractivity contribution in [1.29, 1.82) is 0 Å². The van der Waals surface area contributed by atoms with Crippen molar-refractivity contribution in [3.05, 3.63) is 123 Å². The molecule has 1 aliphatic carbocycles. The lowest BCUT2D eigenvalue weighted by Gasteiger charge is -2.32. The number of methoxy groups -OCH3 is 2. The molecule has 1 aromatic carbocycles. The number of carbonyl (C=O) groups is 6. The number of carbonyl (C=O) groups excluding carboxylic acids is 6. The molecule has 2 heterocycles. The van der Waals surface area contributed by atoms with Crippen molar-refractivity contribution in [2.24, 2.45) is 17.6 Å². The molecule has 3 amide bonds.